The van der Waals surface area contributed by atoms with E-state index in [1.165, 1.54) is 0 Å². The molecule has 0 saturated heterocycles. The molecule has 0 fully saturated rings. The molecule has 2 aromatic carbocycles. The fourth-order valence-electron chi connectivity index (χ4n) is 1.41. The average Bonchev–Trinajstić information content (AvgIpc) is 2.39. The van der Waals surface area contributed by atoms with Crippen molar-refractivity contribution in [2.45, 2.75) is 6.54 Å². The summed E-state index contributed by atoms with van der Waals surface area (Å²) in [5.41, 5.74) is 8.45. The molecule has 0 unspecified atom stereocenters. The molecule has 84 valence electrons. The maximum Gasteiger partial charge on any atom is 0.115 e. The second kappa shape index (κ2) is 5.20. The molecular formula is C15H13NO. The fraction of sp³-hybridized carbons (Fsp3) is 0.0667. The molecule has 0 aromatic heterocycles. The minimum atomic E-state index is 0.253. The summed E-state index contributed by atoms with van der Waals surface area (Å²) >= 11 is 0. The quantitative estimate of drug-likeness (QED) is 0.728. The zero-order valence-electron chi connectivity index (χ0n) is 9.35. The van der Waals surface area contributed by atoms with Gasteiger partial charge >= 0.3 is 0 Å². The van der Waals surface area contributed by atoms with Crippen molar-refractivity contribution in [3.63, 3.8) is 0 Å². The van der Waals surface area contributed by atoms with E-state index in [-0.39, 0.29) is 5.75 Å². The normalized spacial score (nSPS) is 9.47. The van der Waals surface area contributed by atoms with Gasteiger partial charge in [0.2, 0.25) is 0 Å². The maximum atomic E-state index is 9.14. The summed E-state index contributed by atoms with van der Waals surface area (Å²) in [4.78, 5) is 0. The molecular weight excluding hydrogens is 210 g/mol. The SMILES string of the molecule is NCc1ccc(C#Cc2ccc(O)cc2)cc1. The van der Waals surface area contributed by atoms with Crippen molar-refractivity contribution in [1.29, 1.82) is 0 Å². The van der Waals surface area contributed by atoms with Gasteiger partial charge in [-0.15, -0.1) is 0 Å². The van der Waals surface area contributed by atoms with E-state index in [2.05, 4.69) is 11.8 Å². The van der Waals surface area contributed by atoms with Crippen LogP contribution in [0.5, 0.6) is 5.75 Å². The molecule has 0 heterocycles. The van der Waals surface area contributed by atoms with Gasteiger partial charge in [0.15, 0.2) is 0 Å². The predicted molar refractivity (Wildman–Crippen MR) is 68.4 cm³/mol. The van der Waals surface area contributed by atoms with Crippen LogP contribution in [0.4, 0.5) is 0 Å². The third-order valence-corrected chi connectivity index (χ3v) is 2.41. The molecule has 0 saturated carbocycles. The minimum absolute atomic E-state index is 0.253. The maximum absolute atomic E-state index is 9.14. The molecule has 0 aliphatic heterocycles. The summed E-state index contributed by atoms with van der Waals surface area (Å²) in [6, 6.07) is 14.7. The van der Waals surface area contributed by atoms with Gasteiger partial charge in [-0.1, -0.05) is 24.0 Å². The Morgan fingerprint density at radius 3 is 1.76 bits per heavy atom. The van der Waals surface area contributed by atoms with Crippen LogP contribution in [0.15, 0.2) is 48.5 Å². The van der Waals surface area contributed by atoms with Crippen molar-refractivity contribution < 1.29 is 5.11 Å². The number of phenolic OH excluding ortho intramolecular Hbond substituents is 1. The lowest BCUT2D eigenvalue weighted by Gasteiger charge is -1.95. The highest BCUT2D eigenvalue weighted by Gasteiger charge is 1.90. The first-order chi connectivity index (χ1) is 8.28. The van der Waals surface area contributed by atoms with E-state index in [0.717, 1.165) is 16.7 Å². The van der Waals surface area contributed by atoms with Crippen LogP contribution in [0.3, 0.4) is 0 Å². The zero-order valence-corrected chi connectivity index (χ0v) is 9.35. The van der Waals surface area contributed by atoms with Gasteiger partial charge in [0.05, 0.1) is 0 Å². The minimum Gasteiger partial charge on any atom is -0.508 e. The first kappa shape index (κ1) is 11.3. The van der Waals surface area contributed by atoms with Gasteiger partial charge in [0.1, 0.15) is 5.75 Å². The summed E-state index contributed by atoms with van der Waals surface area (Å²) in [6.07, 6.45) is 0. The van der Waals surface area contributed by atoms with E-state index in [9.17, 15) is 0 Å². The van der Waals surface area contributed by atoms with Crippen molar-refractivity contribution in [3.8, 4) is 17.6 Å². The number of hydrogen-bond acceptors (Lipinski definition) is 2. The Morgan fingerprint density at radius 1 is 0.824 bits per heavy atom. The van der Waals surface area contributed by atoms with Crippen LogP contribution in [-0.2, 0) is 6.54 Å². The van der Waals surface area contributed by atoms with Crippen LogP contribution in [-0.4, -0.2) is 5.11 Å². The van der Waals surface area contributed by atoms with Crippen molar-refractivity contribution >= 4 is 0 Å². The van der Waals surface area contributed by atoms with E-state index >= 15 is 0 Å². The molecule has 2 aromatic rings. The highest BCUT2D eigenvalue weighted by molar-refractivity contribution is 5.44. The fourth-order valence-corrected chi connectivity index (χ4v) is 1.41. The number of nitrogens with two attached hydrogens (primary N) is 1. The first-order valence-electron chi connectivity index (χ1n) is 5.38. The van der Waals surface area contributed by atoms with Crippen molar-refractivity contribution in [2.75, 3.05) is 0 Å². The monoisotopic (exact) mass is 223 g/mol. The van der Waals surface area contributed by atoms with Crippen LogP contribution in [0.25, 0.3) is 0 Å². The van der Waals surface area contributed by atoms with Gasteiger partial charge in [0.25, 0.3) is 0 Å². The lowest BCUT2D eigenvalue weighted by Crippen LogP contribution is -1.95. The summed E-state index contributed by atoms with van der Waals surface area (Å²) in [5.74, 6) is 6.35. The number of benzene rings is 2. The standard InChI is InChI=1S/C15H13NO/c16-11-14-5-3-12(4-6-14)1-2-13-7-9-15(17)10-8-13/h3-10,17H,11,16H2. The summed E-state index contributed by atoms with van der Waals surface area (Å²) in [7, 11) is 0. The Morgan fingerprint density at radius 2 is 1.29 bits per heavy atom. The summed E-state index contributed by atoms with van der Waals surface area (Å²) < 4.78 is 0. The molecule has 0 spiro atoms. The topological polar surface area (TPSA) is 46.2 Å². The molecule has 0 atom stereocenters. The molecule has 0 aliphatic rings. The zero-order chi connectivity index (χ0) is 12.1. The van der Waals surface area contributed by atoms with Crippen LogP contribution in [0.2, 0.25) is 0 Å². The lowest BCUT2D eigenvalue weighted by molar-refractivity contribution is 0.475. The Hall–Kier alpha value is -2.24. The van der Waals surface area contributed by atoms with E-state index in [1.807, 2.05) is 24.3 Å². The number of aromatic hydroxyl groups is 1. The molecule has 2 nitrogen and oxygen atoms in total. The largest absolute Gasteiger partial charge is 0.508 e. The van der Waals surface area contributed by atoms with Gasteiger partial charge in [-0.25, -0.2) is 0 Å². The Kier molecular flexibility index (Phi) is 3.44. The third kappa shape index (κ3) is 3.10. The third-order valence-electron chi connectivity index (χ3n) is 2.41. The number of rotatable bonds is 1. The molecule has 2 heteroatoms. The van der Waals surface area contributed by atoms with Gasteiger partial charge in [-0.3, -0.25) is 0 Å². The molecule has 17 heavy (non-hydrogen) atoms. The molecule has 0 amide bonds. The lowest BCUT2D eigenvalue weighted by atomic mass is 10.1. The second-order valence-corrected chi connectivity index (χ2v) is 3.70. The predicted octanol–water partition coefficient (Wildman–Crippen LogP) is 2.25. The van der Waals surface area contributed by atoms with Gasteiger partial charge in [-0.05, 0) is 42.0 Å². The van der Waals surface area contributed by atoms with E-state index in [1.54, 1.807) is 24.3 Å². The Labute approximate surface area is 101 Å². The van der Waals surface area contributed by atoms with Gasteiger partial charge < -0.3 is 10.8 Å². The van der Waals surface area contributed by atoms with Crippen LogP contribution >= 0.6 is 0 Å². The molecule has 2 rings (SSSR count). The Balaban J connectivity index is 2.17. The van der Waals surface area contributed by atoms with Crippen LogP contribution < -0.4 is 5.73 Å². The van der Waals surface area contributed by atoms with E-state index in [4.69, 9.17) is 10.8 Å². The molecule has 0 bridgehead atoms. The molecule has 3 N–H and O–H groups in total. The number of phenols is 1. The second-order valence-electron chi connectivity index (χ2n) is 3.70. The smallest absolute Gasteiger partial charge is 0.115 e. The van der Waals surface area contributed by atoms with Gasteiger partial charge in [0, 0.05) is 17.7 Å². The molecule has 0 aliphatic carbocycles. The highest BCUT2D eigenvalue weighted by atomic mass is 16.3. The van der Waals surface area contributed by atoms with Crippen molar-refractivity contribution in [2.24, 2.45) is 5.73 Å². The molecule has 0 radical (unpaired) electrons. The van der Waals surface area contributed by atoms with Crippen LogP contribution in [0, 0.1) is 11.8 Å². The van der Waals surface area contributed by atoms with Crippen LogP contribution in [0.1, 0.15) is 16.7 Å². The number of hydrogen-bond donors (Lipinski definition) is 2. The van der Waals surface area contributed by atoms with Crippen molar-refractivity contribution in [1.82, 2.24) is 0 Å². The van der Waals surface area contributed by atoms with Crippen molar-refractivity contribution in [3.05, 3.63) is 65.2 Å². The average molecular weight is 223 g/mol. The van der Waals surface area contributed by atoms with E-state index in [0.29, 0.717) is 6.54 Å². The summed E-state index contributed by atoms with van der Waals surface area (Å²) in [5, 5.41) is 9.14. The van der Waals surface area contributed by atoms with E-state index < -0.39 is 0 Å². The first-order valence-corrected chi connectivity index (χ1v) is 5.38. The van der Waals surface area contributed by atoms with Gasteiger partial charge in [-0.2, -0.15) is 0 Å². The Bertz CT molecular complexity index is 544. The summed E-state index contributed by atoms with van der Waals surface area (Å²) in [6.45, 7) is 0.547. The highest BCUT2D eigenvalue weighted by Crippen LogP contribution is 2.09.